The Hall–Kier alpha value is -2.40. The summed E-state index contributed by atoms with van der Waals surface area (Å²) in [7, 11) is -2.57. The molecular weight excluding hydrogens is 396 g/mol. The molecule has 9 nitrogen and oxygen atoms in total. The molecule has 2 rings (SSSR count). The Morgan fingerprint density at radius 2 is 1.81 bits per heavy atom. The summed E-state index contributed by atoms with van der Waals surface area (Å²) in [4.78, 5) is 24.7. The number of amides is 2. The topological polar surface area (TPSA) is 144 Å². The van der Waals surface area contributed by atoms with E-state index in [0.717, 1.165) is 6.07 Å². The highest BCUT2D eigenvalue weighted by Crippen LogP contribution is 2.21. The molecule has 1 aromatic carbocycles. The molecule has 1 heterocycles. The number of para-hydroxylation sites is 1. The van der Waals surface area contributed by atoms with Gasteiger partial charge < -0.3 is 20.8 Å². The molecule has 11 heteroatoms. The predicted octanol–water partition coefficient (Wildman–Crippen LogP) is 0.859. The molecule has 0 aliphatic heterocycles. The molecule has 2 amide bonds. The highest BCUT2D eigenvalue weighted by atomic mass is 35.5. The van der Waals surface area contributed by atoms with E-state index in [4.69, 9.17) is 10.2 Å². The summed E-state index contributed by atoms with van der Waals surface area (Å²) >= 11 is 0. The normalized spacial score (nSPS) is 10.8. The Balaban J connectivity index is 0.00000364. The van der Waals surface area contributed by atoms with E-state index < -0.39 is 15.9 Å². The molecule has 0 fully saturated rings. The van der Waals surface area contributed by atoms with E-state index in [-0.39, 0.29) is 52.5 Å². The fourth-order valence-electron chi connectivity index (χ4n) is 2.17. The molecule has 0 saturated heterocycles. The maximum Gasteiger partial charge on any atom is 0.273 e. The van der Waals surface area contributed by atoms with Crippen molar-refractivity contribution >= 4 is 39.9 Å². The quantitative estimate of drug-likeness (QED) is 0.527. The largest absolute Gasteiger partial charge is 0.448 e. The number of anilines is 1. The van der Waals surface area contributed by atoms with E-state index in [2.05, 4.69) is 15.4 Å². The minimum absolute atomic E-state index is 0. The predicted molar refractivity (Wildman–Crippen MR) is 103 cm³/mol. The highest BCUT2D eigenvalue weighted by molar-refractivity contribution is 7.89. The van der Waals surface area contributed by atoms with Gasteiger partial charge in [0.05, 0.1) is 16.8 Å². The summed E-state index contributed by atoms with van der Waals surface area (Å²) in [5.41, 5.74) is 5.96. The first-order valence-electron chi connectivity index (χ1n) is 7.72. The molecule has 2 aromatic rings. The van der Waals surface area contributed by atoms with E-state index in [1.807, 2.05) is 0 Å². The van der Waals surface area contributed by atoms with Crippen LogP contribution in [-0.2, 0) is 10.0 Å². The third-order valence-corrected chi connectivity index (χ3v) is 4.79. The first kappa shape index (κ1) is 22.6. The van der Waals surface area contributed by atoms with Crippen LogP contribution in [0.3, 0.4) is 0 Å². The molecule has 148 valence electrons. The van der Waals surface area contributed by atoms with Gasteiger partial charge in [0, 0.05) is 19.2 Å². The number of rotatable bonds is 7. The van der Waals surface area contributed by atoms with Crippen molar-refractivity contribution in [2.24, 2.45) is 5.73 Å². The van der Waals surface area contributed by atoms with Gasteiger partial charge in [0.25, 0.3) is 21.8 Å². The monoisotopic (exact) mass is 416 g/mol. The minimum atomic E-state index is -3.81. The molecule has 0 unspecified atom stereocenters. The van der Waals surface area contributed by atoms with Crippen LogP contribution in [-0.4, -0.2) is 40.4 Å². The van der Waals surface area contributed by atoms with Crippen LogP contribution in [0.25, 0.3) is 0 Å². The number of carbonyl (C=O) groups is 2. The van der Waals surface area contributed by atoms with Gasteiger partial charge in [0.1, 0.15) is 5.76 Å². The summed E-state index contributed by atoms with van der Waals surface area (Å²) in [6.45, 7) is 2.06. The molecule has 0 aliphatic rings. The molecule has 0 saturated carbocycles. The van der Waals surface area contributed by atoms with Crippen molar-refractivity contribution in [1.29, 1.82) is 0 Å². The van der Waals surface area contributed by atoms with Gasteiger partial charge in [0.15, 0.2) is 0 Å². The number of nitrogens with one attached hydrogen (secondary N) is 3. The smallest absolute Gasteiger partial charge is 0.273 e. The maximum atomic E-state index is 12.5. The lowest BCUT2D eigenvalue weighted by molar-refractivity contribution is 0.0955. The lowest BCUT2D eigenvalue weighted by Gasteiger charge is -2.10. The van der Waals surface area contributed by atoms with Gasteiger partial charge in [-0.3, -0.25) is 9.59 Å². The number of nitrogens with two attached hydrogens (primary N) is 1. The Morgan fingerprint density at radius 1 is 1.15 bits per heavy atom. The molecule has 0 bridgehead atoms. The molecule has 27 heavy (non-hydrogen) atoms. The van der Waals surface area contributed by atoms with Crippen LogP contribution >= 0.6 is 12.4 Å². The number of halogens is 1. The number of carbonyl (C=O) groups excluding carboxylic acids is 2. The average Bonchev–Trinajstić information content (AvgIpc) is 3.03. The number of hydrogen-bond donors (Lipinski definition) is 4. The van der Waals surface area contributed by atoms with E-state index in [9.17, 15) is 18.0 Å². The van der Waals surface area contributed by atoms with Gasteiger partial charge in [-0.25, -0.2) is 13.1 Å². The summed E-state index contributed by atoms with van der Waals surface area (Å²) < 4.78 is 30.9. The zero-order valence-corrected chi connectivity index (χ0v) is 16.4. The fourth-order valence-corrected chi connectivity index (χ4v) is 2.88. The Labute approximate surface area is 163 Å². The zero-order valence-electron chi connectivity index (χ0n) is 14.7. The van der Waals surface area contributed by atoms with Crippen molar-refractivity contribution < 1.29 is 22.4 Å². The molecule has 1 aromatic heterocycles. The molecule has 0 radical (unpaired) electrons. The van der Waals surface area contributed by atoms with Gasteiger partial charge in [-0.1, -0.05) is 12.1 Å². The second kappa shape index (κ2) is 9.51. The molecule has 5 N–H and O–H groups in total. The SMILES string of the molecule is CNS(=O)(=O)c1cc(C(=O)Nc2ccccc2C(=O)NCCN)c(C)o1.Cl. The second-order valence-electron chi connectivity index (χ2n) is 5.29. The molecule has 0 aliphatic carbocycles. The van der Waals surface area contributed by atoms with E-state index in [1.165, 1.54) is 14.0 Å². The first-order chi connectivity index (χ1) is 12.3. The van der Waals surface area contributed by atoms with Gasteiger partial charge in [-0.05, 0) is 26.1 Å². The Kier molecular flexibility index (Phi) is 7.98. The number of aryl methyl sites for hydroxylation is 1. The van der Waals surface area contributed by atoms with Crippen LogP contribution in [0.5, 0.6) is 0 Å². The van der Waals surface area contributed by atoms with E-state index in [0.29, 0.717) is 6.54 Å². The number of furan rings is 1. The number of hydrogen-bond acceptors (Lipinski definition) is 6. The van der Waals surface area contributed by atoms with Gasteiger partial charge in [-0.2, -0.15) is 0 Å². The van der Waals surface area contributed by atoms with Crippen LogP contribution in [0.1, 0.15) is 26.5 Å². The van der Waals surface area contributed by atoms with Gasteiger partial charge >= 0.3 is 0 Å². The van der Waals surface area contributed by atoms with Crippen molar-refractivity contribution in [3.63, 3.8) is 0 Å². The van der Waals surface area contributed by atoms with Crippen LogP contribution in [0.2, 0.25) is 0 Å². The summed E-state index contributed by atoms with van der Waals surface area (Å²) in [5, 5.41) is 4.86. The zero-order chi connectivity index (χ0) is 19.3. The summed E-state index contributed by atoms with van der Waals surface area (Å²) in [6, 6.07) is 7.58. The number of sulfonamides is 1. The fraction of sp³-hybridized carbons (Fsp3) is 0.250. The average molecular weight is 417 g/mol. The van der Waals surface area contributed by atoms with Crippen molar-refractivity contribution in [2.75, 3.05) is 25.5 Å². The van der Waals surface area contributed by atoms with Crippen molar-refractivity contribution in [3.8, 4) is 0 Å². The van der Waals surface area contributed by atoms with Gasteiger partial charge in [0.2, 0.25) is 5.09 Å². The van der Waals surface area contributed by atoms with E-state index in [1.54, 1.807) is 24.3 Å². The third kappa shape index (κ3) is 5.30. The standard InChI is InChI=1S/C16H20N4O5S.ClH/c1-10-12(9-14(25-10)26(23,24)18-2)16(22)20-13-6-4-3-5-11(13)15(21)19-8-7-17;/h3-6,9,18H,7-8,17H2,1-2H3,(H,19,21)(H,20,22);1H. The minimum Gasteiger partial charge on any atom is -0.448 e. The molecular formula is C16H21ClN4O5S. The van der Waals surface area contributed by atoms with Crippen LogP contribution in [0.15, 0.2) is 39.8 Å². The maximum absolute atomic E-state index is 12.5. The molecule has 0 spiro atoms. The third-order valence-electron chi connectivity index (χ3n) is 3.52. The van der Waals surface area contributed by atoms with Crippen LogP contribution in [0, 0.1) is 6.92 Å². The lowest BCUT2D eigenvalue weighted by atomic mass is 10.1. The second-order valence-corrected chi connectivity index (χ2v) is 7.10. The molecule has 0 atom stereocenters. The van der Waals surface area contributed by atoms with Crippen molar-refractivity contribution in [1.82, 2.24) is 10.0 Å². The summed E-state index contributed by atoms with van der Waals surface area (Å²) in [6.07, 6.45) is 0. The van der Waals surface area contributed by atoms with Crippen molar-refractivity contribution in [3.05, 3.63) is 47.2 Å². The first-order valence-corrected chi connectivity index (χ1v) is 9.21. The van der Waals surface area contributed by atoms with Crippen LogP contribution < -0.4 is 21.1 Å². The lowest BCUT2D eigenvalue weighted by Crippen LogP contribution is -2.30. The van der Waals surface area contributed by atoms with Gasteiger partial charge in [-0.15, -0.1) is 12.4 Å². The number of benzene rings is 1. The Bertz CT molecular complexity index is 927. The van der Waals surface area contributed by atoms with Crippen LogP contribution in [0.4, 0.5) is 5.69 Å². The Morgan fingerprint density at radius 3 is 2.44 bits per heavy atom. The van der Waals surface area contributed by atoms with E-state index >= 15 is 0 Å². The summed E-state index contributed by atoms with van der Waals surface area (Å²) in [5.74, 6) is -0.835. The van der Waals surface area contributed by atoms with Crippen molar-refractivity contribution in [2.45, 2.75) is 12.0 Å². The highest BCUT2D eigenvalue weighted by Gasteiger charge is 2.23.